The fourth-order valence-corrected chi connectivity index (χ4v) is 2.95. The van der Waals surface area contributed by atoms with Crippen LogP contribution >= 0.6 is 0 Å². The number of aromatic nitrogens is 2. The summed E-state index contributed by atoms with van der Waals surface area (Å²) in [6, 6.07) is 5.67. The molecule has 134 valence electrons. The molecule has 1 fully saturated rings. The van der Waals surface area contributed by atoms with Crippen molar-refractivity contribution in [1.29, 1.82) is 0 Å². The Balaban J connectivity index is 1.72. The number of benzene rings is 1. The van der Waals surface area contributed by atoms with Crippen LogP contribution in [-0.2, 0) is 4.74 Å². The maximum atomic E-state index is 12.2. The summed E-state index contributed by atoms with van der Waals surface area (Å²) < 4.78 is 5.43. The summed E-state index contributed by atoms with van der Waals surface area (Å²) in [4.78, 5) is 16.1. The van der Waals surface area contributed by atoms with Gasteiger partial charge in [0.05, 0.1) is 5.52 Å². The van der Waals surface area contributed by atoms with E-state index in [0.717, 1.165) is 35.2 Å². The molecule has 0 radical (unpaired) electrons. The van der Waals surface area contributed by atoms with Crippen LogP contribution in [0.4, 0.5) is 10.5 Å². The van der Waals surface area contributed by atoms with E-state index in [-0.39, 0.29) is 12.0 Å². The molecule has 0 unspecified atom stereocenters. The molecule has 7 heteroatoms. The summed E-state index contributed by atoms with van der Waals surface area (Å²) >= 11 is 0. The van der Waals surface area contributed by atoms with E-state index in [0.29, 0.717) is 13.1 Å². The first-order valence-electron chi connectivity index (χ1n) is 8.43. The summed E-state index contributed by atoms with van der Waals surface area (Å²) in [5, 5.41) is 18.2. The van der Waals surface area contributed by atoms with Crippen molar-refractivity contribution in [2.75, 3.05) is 31.1 Å². The van der Waals surface area contributed by atoms with Crippen molar-refractivity contribution in [3.63, 3.8) is 0 Å². The predicted molar refractivity (Wildman–Crippen MR) is 96.0 cm³/mol. The Hall–Kier alpha value is -2.57. The lowest BCUT2D eigenvalue weighted by Gasteiger charge is -2.37. The summed E-state index contributed by atoms with van der Waals surface area (Å²) in [7, 11) is 0. The normalized spacial score (nSPS) is 15.5. The lowest BCUT2D eigenvalue weighted by atomic mass is 10.1. The van der Waals surface area contributed by atoms with E-state index in [1.54, 1.807) is 11.0 Å². The average molecular weight is 344 g/mol. The number of hydrogen-bond acceptors (Lipinski definition) is 6. The Labute approximate surface area is 147 Å². The minimum atomic E-state index is -0.478. The number of aromatic hydroxyl groups is 1. The van der Waals surface area contributed by atoms with Gasteiger partial charge in [0.15, 0.2) is 0 Å². The van der Waals surface area contributed by atoms with Crippen LogP contribution < -0.4 is 4.90 Å². The average Bonchev–Trinajstić information content (AvgIpc) is 2.54. The second-order valence-corrected chi connectivity index (χ2v) is 7.35. The van der Waals surface area contributed by atoms with E-state index < -0.39 is 5.60 Å². The second kappa shape index (κ2) is 6.38. The molecular formula is C18H24N4O3. The van der Waals surface area contributed by atoms with Gasteiger partial charge in [0.25, 0.3) is 0 Å². The summed E-state index contributed by atoms with van der Waals surface area (Å²) in [5.41, 5.74) is 2.36. The highest BCUT2D eigenvalue weighted by atomic mass is 16.6. The molecule has 1 aromatic carbocycles. The minimum Gasteiger partial charge on any atom is -0.492 e. The molecule has 7 nitrogen and oxygen atoms in total. The lowest BCUT2D eigenvalue weighted by Crippen LogP contribution is -2.50. The van der Waals surface area contributed by atoms with Crippen LogP contribution in [0.15, 0.2) is 18.2 Å². The first-order chi connectivity index (χ1) is 11.7. The van der Waals surface area contributed by atoms with E-state index >= 15 is 0 Å². The third-order valence-corrected chi connectivity index (χ3v) is 4.18. The van der Waals surface area contributed by atoms with E-state index in [9.17, 15) is 9.90 Å². The van der Waals surface area contributed by atoms with Gasteiger partial charge in [-0.15, -0.1) is 10.2 Å². The van der Waals surface area contributed by atoms with Crippen LogP contribution in [0, 0.1) is 6.92 Å². The van der Waals surface area contributed by atoms with Crippen molar-refractivity contribution >= 4 is 22.7 Å². The Morgan fingerprint density at radius 1 is 1.12 bits per heavy atom. The molecule has 25 heavy (non-hydrogen) atoms. The molecule has 0 saturated carbocycles. The molecule has 0 bridgehead atoms. The summed E-state index contributed by atoms with van der Waals surface area (Å²) in [5.74, 6) is -0.0747. The fourth-order valence-electron chi connectivity index (χ4n) is 2.95. The summed E-state index contributed by atoms with van der Waals surface area (Å²) in [6.45, 7) is 10.3. The molecule has 1 aliphatic heterocycles. The number of rotatable bonds is 1. The van der Waals surface area contributed by atoms with E-state index in [1.807, 2.05) is 33.8 Å². The van der Waals surface area contributed by atoms with Gasteiger partial charge in [-0.1, -0.05) is 0 Å². The maximum absolute atomic E-state index is 12.2. The zero-order valence-corrected chi connectivity index (χ0v) is 15.1. The number of piperazine rings is 1. The van der Waals surface area contributed by atoms with Gasteiger partial charge in [-0.25, -0.2) is 4.79 Å². The highest BCUT2D eigenvalue weighted by Gasteiger charge is 2.26. The van der Waals surface area contributed by atoms with Crippen LogP contribution in [-0.4, -0.2) is 58.1 Å². The first-order valence-corrected chi connectivity index (χ1v) is 8.43. The van der Waals surface area contributed by atoms with Crippen LogP contribution in [0.3, 0.4) is 0 Å². The molecule has 2 aromatic rings. The maximum Gasteiger partial charge on any atom is 0.410 e. The van der Waals surface area contributed by atoms with Gasteiger partial charge in [-0.3, -0.25) is 0 Å². The molecule has 1 N–H and O–H groups in total. The topological polar surface area (TPSA) is 78.8 Å². The third-order valence-electron chi connectivity index (χ3n) is 4.18. The van der Waals surface area contributed by atoms with Crippen molar-refractivity contribution in [3.05, 3.63) is 23.8 Å². The number of nitrogens with zero attached hydrogens (tertiary/aromatic N) is 4. The number of hydrogen-bond donors (Lipinski definition) is 1. The van der Waals surface area contributed by atoms with Gasteiger partial charge in [0.1, 0.15) is 5.60 Å². The number of fused-ring (bicyclic) bond motifs is 1. The standard InChI is InChI=1S/C18H24N4O3/c1-12-9-13(10-15-14(12)11-16(23)20-19-15)21-5-7-22(8-6-21)17(24)25-18(2,3)4/h9-11H,5-8H2,1-4H3,(H,20,23). The lowest BCUT2D eigenvalue weighted by molar-refractivity contribution is 0.0240. The molecule has 1 aromatic heterocycles. The number of aryl methyl sites for hydroxylation is 1. The highest BCUT2D eigenvalue weighted by molar-refractivity contribution is 5.86. The molecule has 1 saturated heterocycles. The SMILES string of the molecule is Cc1cc(N2CCN(C(=O)OC(C)(C)C)CC2)cc2nnc(O)cc12. The Morgan fingerprint density at radius 3 is 2.44 bits per heavy atom. The van der Waals surface area contributed by atoms with Gasteiger partial charge >= 0.3 is 6.09 Å². The molecule has 0 aliphatic carbocycles. The van der Waals surface area contributed by atoms with Crippen LogP contribution in [0.5, 0.6) is 5.88 Å². The summed E-state index contributed by atoms with van der Waals surface area (Å²) in [6.07, 6.45) is -0.261. The predicted octanol–water partition coefficient (Wildman–Crippen LogP) is 2.70. The van der Waals surface area contributed by atoms with Gasteiger partial charge in [0, 0.05) is 43.3 Å². The smallest absolute Gasteiger partial charge is 0.410 e. The number of anilines is 1. The molecule has 2 heterocycles. The van der Waals surface area contributed by atoms with E-state index in [2.05, 4.69) is 21.2 Å². The first kappa shape index (κ1) is 17.3. The van der Waals surface area contributed by atoms with Crippen molar-refractivity contribution in [2.24, 2.45) is 0 Å². The van der Waals surface area contributed by atoms with Gasteiger partial charge in [0.2, 0.25) is 5.88 Å². The number of amides is 1. The van der Waals surface area contributed by atoms with Gasteiger partial charge in [-0.2, -0.15) is 0 Å². The zero-order valence-electron chi connectivity index (χ0n) is 15.1. The zero-order chi connectivity index (χ0) is 18.2. The highest BCUT2D eigenvalue weighted by Crippen LogP contribution is 2.27. The van der Waals surface area contributed by atoms with Crippen molar-refractivity contribution in [3.8, 4) is 5.88 Å². The molecule has 3 rings (SSSR count). The van der Waals surface area contributed by atoms with Gasteiger partial charge in [-0.05, 0) is 45.4 Å². The van der Waals surface area contributed by atoms with Crippen LogP contribution in [0.25, 0.3) is 10.9 Å². The van der Waals surface area contributed by atoms with Crippen molar-refractivity contribution < 1.29 is 14.6 Å². The molecular weight excluding hydrogens is 320 g/mol. The monoisotopic (exact) mass is 344 g/mol. The Morgan fingerprint density at radius 2 is 1.80 bits per heavy atom. The fraction of sp³-hybridized carbons (Fsp3) is 0.500. The van der Waals surface area contributed by atoms with Crippen molar-refractivity contribution in [1.82, 2.24) is 15.1 Å². The van der Waals surface area contributed by atoms with Gasteiger partial charge < -0.3 is 19.6 Å². The quantitative estimate of drug-likeness (QED) is 0.857. The minimum absolute atomic E-state index is 0.0747. The molecule has 0 atom stereocenters. The second-order valence-electron chi connectivity index (χ2n) is 7.35. The van der Waals surface area contributed by atoms with Crippen molar-refractivity contribution in [2.45, 2.75) is 33.3 Å². The Bertz CT molecular complexity index is 793. The molecule has 1 amide bonds. The largest absolute Gasteiger partial charge is 0.492 e. The third kappa shape index (κ3) is 3.92. The number of carbonyl (C=O) groups is 1. The molecule has 0 spiro atoms. The van der Waals surface area contributed by atoms with Crippen LogP contribution in [0.2, 0.25) is 0 Å². The van der Waals surface area contributed by atoms with E-state index in [1.165, 1.54) is 0 Å². The van der Waals surface area contributed by atoms with E-state index in [4.69, 9.17) is 4.74 Å². The Kier molecular flexibility index (Phi) is 4.41. The number of ether oxygens (including phenoxy) is 1. The number of carbonyl (C=O) groups excluding carboxylic acids is 1. The van der Waals surface area contributed by atoms with Crippen LogP contribution in [0.1, 0.15) is 26.3 Å². The molecule has 1 aliphatic rings.